The summed E-state index contributed by atoms with van der Waals surface area (Å²) in [5.41, 5.74) is 6.05. The molecule has 0 saturated carbocycles. The molecule has 2 heterocycles. The van der Waals surface area contributed by atoms with Crippen molar-refractivity contribution in [2.24, 2.45) is 0 Å². The van der Waals surface area contributed by atoms with Crippen molar-refractivity contribution in [1.82, 2.24) is 9.97 Å². The van der Waals surface area contributed by atoms with E-state index in [-0.39, 0.29) is 30.3 Å². The Morgan fingerprint density at radius 1 is 0.810 bits per heavy atom. The summed E-state index contributed by atoms with van der Waals surface area (Å²) in [6, 6.07) is 6.74. The zero-order valence-electron chi connectivity index (χ0n) is 25.3. The fraction of sp³-hybridized carbons (Fsp3) is 0.387. The SMILES string of the molecule is CC(=O)CCC(=O)O.CC(=O)O.CCc1c(C)[nH]c2cc(F)c(OC)cc12.CCc1c(C)[nH]c2ccc(OC)c(F)c12. The second-order valence-electron chi connectivity index (χ2n) is 9.32. The number of hydrogen-bond donors (Lipinski definition) is 4. The molecule has 42 heavy (non-hydrogen) atoms. The van der Waals surface area contributed by atoms with Gasteiger partial charge in [0.15, 0.2) is 23.1 Å². The molecule has 4 rings (SSSR count). The van der Waals surface area contributed by atoms with Gasteiger partial charge >= 0.3 is 5.97 Å². The van der Waals surface area contributed by atoms with Gasteiger partial charge in [-0.3, -0.25) is 9.59 Å². The molecule has 2 aromatic carbocycles. The van der Waals surface area contributed by atoms with Crippen LogP contribution in [0.2, 0.25) is 0 Å². The lowest BCUT2D eigenvalue weighted by Crippen LogP contribution is -1.98. The Hall–Kier alpha value is -4.41. The summed E-state index contributed by atoms with van der Waals surface area (Å²) in [6.45, 7) is 10.5. The number of carboxylic acid groups (broad SMARTS) is 2. The van der Waals surface area contributed by atoms with Crippen molar-refractivity contribution in [2.75, 3.05) is 14.2 Å². The third kappa shape index (κ3) is 9.90. The van der Waals surface area contributed by atoms with Crippen LogP contribution in [0.5, 0.6) is 11.5 Å². The highest BCUT2D eigenvalue weighted by atomic mass is 19.1. The maximum atomic E-state index is 14.0. The Kier molecular flexibility index (Phi) is 14.2. The van der Waals surface area contributed by atoms with Crippen LogP contribution in [0, 0.1) is 25.5 Å². The molecule has 9 nitrogen and oxygen atoms in total. The number of Topliss-reactive ketones (excluding diaryl/α,β-unsaturated/α-hetero) is 1. The molecular formula is C31H40F2N2O7. The van der Waals surface area contributed by atoms with Crippen LogP contribution >= 0.6 is 0 Å². The van der Waals surface area contributed by atoms with Gasteiger partial charge in [0.2, 0.25) is 0 Å². The number of rotatable bonds is 7. The van der Waals surface area contributed by atoms with E-state index < -0.39 is 11.9 Å². The number of nitrogens with one attached hydrogen (secondary N) is 2. The van der Waals surface area contributed by atoms with Crippen molar-refractivity contribution in [1.29, 1.82) is 0 Å². The first-order chi connectivity index (χ1) is 19.7. The summed E-state index contributed by atoms with van der Waals surface area (Å²) < 4.78 is 37.4. The third-order valence-electron chi connectivity index (χ3n) is 6.19. The predicted octanol–water partition coefficient (Wildman–Crippen LogP) is 6.90. The first-order valence-corrected chi connectivity index (χ1v) is 13.3. The lowest BCUT2D eigenvalue weighted by Gasteiger charge is -2.03. The molecule has 0 radical (unpaired) electrons. The van der Waals surface area contributed by atoms with E-state index in [2.05, 4.69) is 16.9 Å². The van der Waals surface area contributed by atoms with E-state index in [9.17, 15) is 18.4 Å². The van der Waals surface area contributed by atoms with Crippen molar-refractivity contribution < 1.29 is 42.9 Å². The number of carboxylic acids is 2. The molecule has 0 amide bonds. The van der Waals surface area contributed by atoms with Crippen molar-refractivity contribution in [3.8, 4) is 11.5 Å². The number of aromatic nitrogens is 2. The summed E-state index contributed by atoms with van der Waals surface area (Å²) in [5.74, 6) is -1.81. The number of ether oxygens (including phenoxy) is 2. The zero-order chi connectivity index (χ0) is 32.1. The van der Waals surface area contributed by atoms with Crippen molar-refractivity contribution in [3.05, 3.63) is 58.4 Å². The molecule has 0 aliphatic carbocycles. The maximum Gasteiger partial charge on any atom is 0.303 e. The molecule has 0 atom stereocenters. The van der Waals surface area contributed by atoms with E-state index in [4.69, 9.17) is 24.5 Å². The van der Waals surface area contributed by atoms with Gasteiger partial charge in [-0.25, -0.2) is 8.78 Å². The number of aromatic amines is 2. The van der Waals surface area contributed by atoms with Gasteiger partial charge in [0.1, 0.15) is 5.78 Å². The Morgan fingerprint density at radius 2 is 1.33 bits per heavy atom. The molecule has 4 N–H and O–H groups in total. The molecule has 0 aliphatic heterocycles. The number of hydrogen-bond acceptors (Lipinski definition) is 5. The van der Waals surface area contributed by atoms with Crippen molar-refractivity contribution >= 4 is 39.5 Å². The Bertz CT molecular complexity index is 1500. The Balaban J connectivity index is 0.000000309. The van der Waals surface area contributed by atoms with Crippen LogP contribution in [-0.4, -0.2) is 52.1 Å². The summed E-state index contributed by atoms with van der Waals surface area (Å²) in [7, 11) is 2.96. The first-order valence-electron chi connectivity index (χ1n) is 13.3. The van der Waals surface area contributed by atoms with Crippen LogP contribution in [0.1, 0.15) is 63.1 Å². The highest BCUT2D eigenvalue weighted by Gasteiger charge is 2.15. The van der Waals surface area contributed by atoms with E-state index in [1.165, 1.54) is 32.8 Å². The van der Waals surface area contributed by atoms with E-state index in [0.717, 1.165) is 53.1 Å². The Morgan fingerprint density at radius 3 is 1.79 bits per heavy atom. The molecule has 2 aromatic heterocycles. The molecule has 230 valence electrons. The van der Waals surface area contributed by atoms with Gasteiger partial charge < -0.3 is 34.4 Å². The molecule has 0 saturated heterocycles. The monoisotopic (exact) mass is 590 g/mol. The van der Waals surface area contributed by atoms with Crippen LogP contribution in [0.4, 0.5) is 8.78 Å². The van der Waals surface area contributed by atoms with E-state index >= 15 is 0 Å². The summed E-state index contributed by atoms with van der Waals surface area (Å²) >= 11 is 0. The minimum atomic E-state index is -0.916. The summed E-state index contributed by atoms with van der Waals surface area (Å²) in [5, 5.41) is 17.1. The fourth-order valence-electron chi connectivity index (χ4n) is 4.30. The molecule has 11 heteroatoms. The fourth-order valence-corrected chi connectivity index (χ4v) is 4.30. The van der Waals surface area contributed by atoms with Gasteiger partial charge in [-0.05, 0) is 62.9 Å². The van der Waals surface area contributed by atoms with Gasteiger partial charge in [0.25, 0.3) is 5.97 Å². The number of aliphatic carboxylic acids is 2. The van der Waals surface area contributed by atoms with E-state index in [1.54, 1.807) is 12.1 Å². The van der Waals surface area contributed by atoms with Crippen LogP contribution < -0.4 is 9.47 Å². The number of ketones is 1. The molecule has 4 aromatic rings. The number of methoxy groups -OCH3 is 2. The normalized spacial score (nSPS) is 10.0. The molecule has 0 aliphatic rings. The second kappa shape index (κ2) is 16.8. The Labute approximate surface area is 243 Å². The van der Waals surface area contributed by atoms with E-state index in [1.807, 2.05) is 26.8 Å². The van der Waals surface area contributed by atoms with Crippen molar-refractivity contribution in [3.63, 3.8) is 0 Å². The standard InChI is InChI=1S/2C12H14FNO.C5H8O3.C2H4O2/c1-4-8-7(2)14-11-6-10(13)12(15-3)5-9(8)11;1-4-8-7(2)14-9-5-6-10(15-3)12(13)11(8)9;1-4(6)2-3-5(7)8;1-2(3)4/h2*5-6,14H,4H2,1-3H3;2-3H2,1H3,(H,7,8);1H3,(H,3,4). The van der Waals surface area contributed by atoms with Crippen LogP contribution in [-0.2, 0) is 27.2 Å². The van der Waals surface area contributed by atoms with Crippen LogP contribution in [0.3, 0.4) is 0 Å². The minimum Gasteiger partial charge on any atom is -0.494 e. The van der Waals surface area contributed by atoms with Gasteiger partial charge in [-0.2, -0.15) is 0 Å². The molecule has 0 bridgehead atoms. The van der Waals surface area contributed by atoms with Gasteiger partial charge in [-0.15, -0.1) is 0 Å². The maximum absolute atomic E-state index is 14.0. The highest BCUT2D eigenvalue weighted by Crippen LogP contribution is 2.31. The smallest absolute Gasteiger partial charge is 0.303 e. The summed E-state index contributed by atoms with van der Waals surface area (Å²) in [6.07, 6.45) is 1.85. The van der Waals surface area contributed by atoms with Crippen molar-refractivity contribution in [2.45, 2.75) is 67.2 Å². The second-order valence-corrected chi connectivity index (χ2v) is 9.32. The average Bonchev–Trinajstić information content (AvgIpc) is 3.41. The first kappa shape index (κ1) is 35.6. The molecule has 0 fully saturated rings. The number of aryl methyl sites for hydroxylation is 4. The largest absolute Gasteiger partial charge is 0.494 e. The number of fused-ring (bicyclic) bond motifs is 2. The minimum absolute atomic E-state index is 0.0463. The number of halogens is 2. The summed E-state index contributed by atoms with van der Waals surface area (Å²) in [4.78, 5) is 35.2. The quantitative estimate of drug-likeness (QED) is 0.183. The van der Waals surface area contributed by atoms with Crippen LogP contribution in [0.25, 0.3) is 21.8 Å². The number of carbonyl (C=O) groups is 3. The lowest BCUT2D eigenvalue weighted by molar-refractivity contribution is -0.138. The molecule has 0 unspecified atom stereocenters. The topological polar surface area (TPSA) is 142 Å². The molecule has 0 spiro atoms. The predicted molar refractivity (Wildman–Crippen MR) is 159 cm³/mol. The third-order valence-corrected chi connectivity index (χ3v) is 6.19. The van der Waals surface area contributed by atoms with Gasteiger partial charge in [0, 0.05) is 52.6 Å². The van der Waals surface area contributed by atoms with Gasteiger partial charge in [-0.1, -0.05) is 13.8 Å². The number of benzene rings is 2. The van der Waals surface area contributed by atoms with Crippen LogP contribution in [0.15, 0.2) is 24.3 Å². The zero-order valence-corrected chi connectivity index (χ0v) is 25.3. The van der Waals surface area contributed by atoms with Gasteiger partial charge in [0.05, 0.1) is 20.6 Å². The molecular weight excluding hydrogens is 550 g/mol. The average molecular weight is 591 g/mol. The number of H-pyrrole nitrogens is 2. The number of carbonyl (C=O) groups excluding carboxylic acids is 1. The lowest BCUT2D eigenvalue weighted by atomic mass is 10.1. The highest BCUT2D eigenvalue weighted by molar-refractivity contribution is 5.87. The van der Waals surface area contributed by atoms with E-state index in [0.29, 0.717) is 16.9 Å².